The average Bonchev–Trinajstić information content (AvgIpc) is 2.81. The molecule has 0 aromatic heterocycles. The summed E-state index contributed by atoms with van der Waals surface area (Å²) in [5, 5.41) is 0. The van der Waals surface area contributed by atoms with Gasteiger partial charge in [-0.15, -0.1) is 0 Å². The van der Waals surface area contributed by atoms with Crippen LogP contribution in [-0.4, -0.2) is 19.0 Å². The van der Waals surface area contributed by atoms with Gasteiger partial charge in [0.25, 0.3) is 0 Å². The SMILES string of the molecule is C1=C(C2=NCCO2)C2CCC1C2. The van der Waals surface area contributed by atoms with Crippen molar-refractivity contribution in [2.45, 2.75) is 19.3 Å². The lowest BCUT2D eigenvalue weighted by Gasteiger charge is -2.12. The number of nitrogens with zero attached hydrogens (tertiary/aromatic N) is 1. The molecule has 0 radical (unpaired) electrons. The molecule has 1 saturated carbocycles. The van der Waals surface area contributed by atoms with E-state index in [2.05, 4.69) is 11.1 Å². The van der Waals surface area contributed by atoms with Crippen LogP contribution in [0.5, 0.6) is 0 Å². The molecule has 0 amide bonds. The van der Waals surface area contributed by atoms with Gasteiger partial charge in [0.1, 0.15) is 6.61 Å². The summed E-state index contributed by atoms with van der Waals surface area (Å²) in [6.07, 6.45) is 6.50. The highest BCUT2D eigenvalue weighted by Gasteiger charge is 2.36. The quantitative estimate of drug-likeness (QED) is 0.577. The summed E-state index contributed by atoms with van der Waals surface area (Å²) in [6.45, 7) is 1.66. The predicted molar refractivity (Wildman–Crippen MR) is 47.2 cm³/mol. The molecule has 2 unspecified atom stereocenters. The van der Waals surface area contributed by atoms with E-state index < -0.39 is 0 Å². The largest absolute Gasteiger partial charge is 0.476 e. The highest BCUT2D eigenvalue weighted by molar-refractivity contribution is 5.95. The summed E-state index contributed by atoms with van der Waals surface area (Å²) in [7, 11) is 0. The van der Waals surface area contributed by atoms with Crippen molar-refractivity contribution in [1.29, 1.82) is 0 Å². The number of hydrogen-bond donors (Lipinski definition) is 0. The number of allylic oxidation sites excluding steroid dienone is 1. The number of rotatable bonds is 1. The second kappa shape index (κ2) is 2.35. The molecule has 64 valence electrons. The van der Waals surface area contributed by atoms with Gasteiger partial charge in [-0.05, 0) is 31.1 Å². The van der Waals surface area contributed by atoms with Crippen LogP contribution in [0.25, 0.3) is 0 Å². The van der Waals surface area contributed by atoms with E-state index in [0.29, 0.717) is 0 Å². The Morgan fingerprint density at radius 2 is 2.42 bits per heavy atom. The van der Waals surface area contributed by atoms with Crippen molar-refractivity contribution < 1.29 is 4.74 Å². The van der Waals surface area contributed by atoms with E-state index in [1.165, 1.54) is 24.8 Å². The lowest BCUT2D eigenvalue weighted by molar-refractivity contribution is 0.344. The van der Waals surface area contributed by atoms with Gasteiger partial charge in [0.15, 0.2) is 0 Å². The second-order valence-electron chi connectivity index (χ2n) is 3.93. The molecular weight excluding hydrogens is 150 g/mol. The van der Waals surface area contributed by atoms with Gasteiger partial charge >= 0.3 is 0 Å². The lowest BCUT2D eigenvalue weighted by atomic mass is 9.98. The van der Waals surface area contributed by atoms with Gasteiger partial charge in [-0.25, -0.2) is 4.99 Å². The van der Waals surface area contributed by atoms with Crippen molar-refractivity contribution in [3.8, 4) is 0 Å². The molecular formula is C10H13NO. The van der Waals surface area contributed by atoms with Crippen LogP contribution >= 0.6 is 0 Å². The molecule has 0 aromatic carbocycles. The van der Waals surface area contributed by atoms with Crippen molar-refractivity contribution in [1.82, 2.24) is 0 Å². The zero-order valence-corrected chi connectivity index (χ0v) is 7.12. The predicted octanol–water partition coefficient (Wildman–Crippen LogP) is 1.77. The third kappa shape index (κ3) is 0.838. The Morgan fingerprint density at radius 1 is 1.42 bits per heavy atom. The molecule has 2 heteroatoms. The Morgan fingerprint density at radius 3 is 3.00 bits per heavy atom. The molecule has 1 aliphatic heterocycles. The number of ether oxygens (including phenoxy) is 1. The maximum absolute atomic E-state index is 5.47. The maximum atomic E-state index is 5.47. The van der Waals surface area contributed by atoms with E-state index in [-0.39, 0.29) is 0 Å². The van der Waals surface area contributed by atoms with E-state index in [1.807, 2.05) is 0 Å². The smallest absolute Gasteiger partial charge is 0.212 e. The average molecular weight is 163 g/mol. The summed E-state index contributed by atoms with van der Waals surface area (Å²) in [5.41, 5.74) is 1.42. The summed E-state index contributed by atoms with van der Waals surface area (Å²) in [5.74, 6) is 2.59. The van der Waals surface area contributed by atoms with Crippen LogP contribution in [0.3, 0.4) is 0 Å². The van der Waals surface area contributed by atoms with E-state index in [0.717, 1.165) is 30.9 Å². The minimum Gasteiger partial charge on any atom is -0.476 e. The van der Waals surface area contributed by atoms with Crippen LogP contribution in [0.1, 0.15) is 19.3 Å². The van der Waals surface area contributed by atoms with Crippen molar-refractivity contribution in [2.24, 2.45) is 16.8 Å². The van der Waals surface area contributed by atoms with Gasteiger partial charge in [0, 0.05) is 5.57 Å². The van der Waals surface area contributed by atoms with Crippen molar-refractivity contribution in [3.63, 3.8) is 0 Å². The van der Waals surface area contributed by atoms with E-state index in [4.69, 9.17) is 4.74 Å². The van der Waals surface area contributed by atoms with Gasteiger partial charge in [-0.1, -0.05) is 6.08 Å². The molecule has 2 nitrogen and oxygen atoms in total. The Bertz CT molecular complexity index is 267. The fourth-order valence-electron chi connectivity index (χ4n) is 2.60. The molecule has 1 fully saturated rings. The van der Waals surface area contributed by atoms with Gasteiger partial charge in [0.05, 0.1) is 6.54 Å². The first kappa shape index (κ1) is 6.70. The van der Waals surface area contributed by atoms with Crippen LogP contribution in [0, 0.1) is 11.8 Å². The standard InChI is InChI=1S/C10H13NO/c1-2-8-5-7(1)6-9(8)10-11-3-4-12-10/h6-8H,1-5H2. The zero-order valence-electron chi connectivity index (χ0n) is 7.12. The first-order chi connectivity index (χ1) is 5.93. The number of aliphatic imine (C=N–C) groups is 1. The Hall–Kier alpha value is -0.790. The van der Waals surface area contributed by atoms with Gasteiger partial charge in [0.2, 0.25) is 5.90 Å². The normalized spacial score (nSPS) is 38.0. The lowest BCUT2D eigenvalue weighted by Crippen LogP contribution is -2.09. The third-order valence-corrected chi connectivity index (χ3v) is 3.16. The molecule has 2 aliphatic carbocycles. The molecule has 0 spiro atoms. The Kier molecular flexibility index (Phi) is 1.31. The van der Waals surface area contributed by atoms with Crippen molar-refractivity contribution in [2.75, 3.05) is 13.2 Å². The van der Waals surface area contributed by atoms with Crippen LogP contribution < -0.4 is 0 Å². The van der Waals surface area contributed by atoms with Gasteiger partial charge < -0.3 is 4.74 Å². The van der Waals surface area contributed by atoms with E-state index in [1.54, 1.807) is 0 Å². The number of fused-ring (bicyclic) bond motifs is 2. The Labute approximate surface area is 72.3 Å². The molecule has 0 saturated heterocycles. The van der Waals surface area contributed by atoms with Crippen LogP contribution in [0.15, 0.2) is 16.6 Å². The summed E-state index contributed by atoms with van der Waals surface area (Å²) in [6, 6.07) is 0. The molecule has 0 aromatic rings. The first-order valence-electron chi connectivity index (χ1n) is 4.83. The molecule has 0 N–H and O–H groups in total. The molecule has 3 rings (SSSR count). The fourth-order valence-corrected chi connectivity index (χ4v) is 2.60. The van der Waals surface area contributed by atoms with Crippen molar-refractivity contribution >= 4 is 5.90 Å². The van der Waals surface area contributed by atoms with Crippen LogP contribution in [0.4, 0.5) is 0 Å². The van der Waals surface area contributed by atoms with Crippen molar-refractivity contribution in [3.05, 3.63) is 11.6 Å². The van der Waals surface area contributed by atoms with Gasteiger partial charge in [-0.3, -0.25) is 0 Å². The number of hydrogen-bond acceptors (Lipinski definition) is 2. The van der Waals surface area contributed by atoms with E-state index >= 15 is 0 Å². The minimum absolute atomic E-state index is 0.784. The third-order valence-electron chi connectivity index (χ3n) is 3.16. The minimum atomic E-state index is 0.784. The molecule has 12 heavy (non-hydrogen) atoms. The molecule has 1 heterocycles. The van der Waals surface area contributed by atoms with Gasteiger partial charge in [-0.2, -0.15) is 0 Å². The zero-order chi connectivity index (χ0) is 7.97. The van der Waals surface area contributed by atoms with Crippen LogP contribution in [0.2, 0.25) is 0 Å². The monoisotopic (exact) mass is 163 g/mol. The van der Waals surface area contributed by atoms with E-state index in [9.17, 15) is 0 Å². The molecule has 2 bridgehead atoms. The molecule has 2 atom stereocenters. The summed E-state index contributed by atoms with van der Waals surface area (Å²) >= 11 is 0. The highest BCUT2D eigenvalue weighted by Crippen LogP contribution is 2.44. The summed E-state index contributed by atoms with van der Waals surface area (Å²) < 4.78 is 5.47. The second-order valence-corrected chi connectivity index (χ2v) is 3.93. The van der Waals surface area contributed by atoms with Crippen LogP contribution in [-0.2, 0) is 4.74 Å². The maximum Gasteiger partial charge on any atom is 0.212 e. The summed E-state index contributed by atoms with van der Waals surface area (Å²) in [4.78, 5) is 4.36. The fraction of sp³-hybridized carbons (Fsp3) is 0.700. The Balaban J connectivity index is 1.89. The first-order valence-corrected chi connectivity index (χ1v) is 4.83. The molecule has 3 aliphatic rings. The topological polar surface area (TPSA) is 21.6 Å². The highest BCUT2D eigenvalue weighted by atomic mass is 16.5.